The van der Waals surface area contributed by atoms with E-state index in [1.54, 1.807) is 12.1 Å². The van der Waals surface area contributed by atoms with Crippen LogP contribution >= 0.6 is 0 Å². The summed E-state index contributed by atoms with van der Waals surface area (Å²) < 4.78 is 13.6. The van der Waals surface area contributed by atoms with Gasteiger partial charge in [0.1, 0.15) is 5.82 Å². The minimum atomic E-state index is -0.590. The molecule has 0 radical (unpaired) electrons. The molecular formula is C17H20FNO. The molecule has 2 aromatic rings. The Hall–Kier alpha value is -1.71. The van der Waals surface area contributed by atoms with E-state index in [-0.39, 0.29) is 11.9 Å². The molecule has 20 heavy (non-hydrogen) atoms. The SMILES string of the molecule is CCC(NCc1ccccc1F)C(O)c1ccccc1. The van der Waals surface area contributed by atoms with Crippen molar-refractivity contribution in [3.63, 3.8) is 0 Å². The Morgan fingerprint density at radius 3 is 2.35 bits per heavy atom. The topological polar surface area (TPSA) is 32.3 Å². The summed E-state index contributed by atoms with van der Waals surface area (Å²) in [6, 6.07) is 16.1. The number of hydrogen-bond acceptors (Lipinski definition) is 2. The van der Waals surface area contributed by atoms with Gasteiger partial charge in [-0.05, 0) is 18.1 Å². The summed E-state index contributed by atoms with van der Waals surface area (Å²) in [4.78, 5) is 0. The Kier molecular flexibility index (Phi) is 5.27. The summed E-state index contributed by atoms with van der Waals surface area (Å²) in [5.74, 6) is -0.218. The Morgan fingerprint density at radius 1 is 1.05 bits per heavy atom. The molecule has 106 valence electrons. The number of rotatable bonds is 6. The van der Waals surface area contributed by atoms with Gasteiger partial charge in [-0.3, -0.25) is 0 Å². The van der Waals surface area contributed by atoms with Crippen molar-refractivity contribution in [1.29, 1.82) is 0 Å². The summed E-state index contributed by atoms with van der Waals surface area (Å²) in [5, 5.41) is 13.6. The summed E-state index contributed by atoms with van der Waals surface area (Å²) in [6.07, 6.45) is 0.179. The molecule has 2 N–H and O–H groups in total. The van der Waals surface area contributed by atoms with Crippen LogP contribution in [0.3, 0.4) is 0 Å². The zero-order valence-electron chi connectivity index (χ0n) is 11.6. The van der Waals surface area contributed by atoms with Gasteiger partial charge >= 0.3 is 0 Å². The number of benzene rings is 2. The van der Waals surface area contributed by atoms with E-state index in [9.17, 15) is 9.50 Å². The second-order valence-electron chi connectivity index (χ2n) is 4.84. The maximum Gasteiger partial charge on any atom is 0.127 e. The minimum Gasteiger partial charge on any atom is -0.387 e. The van der Waals surface area contributed by atoms with Gasteiger partial charge in [0.25, 0.3) is 0 Å². The van der Waals surface area contributed by atoms with Crippen LogP contribution in [0.15, 0.2) is 54.6 Å². The van der Waals surface area contributed by atoms with Gasteiger partial charge in [-0.15, -0.1) is 0 Å². The van der Waals surface area contributed by atoms with Crippen LogP contribution in [0.1, 0.15) is 30.6 Å². The van der Waals surface area contributed by atoms with Crippen molar-refractivity contribution in [3.05, 3.63) is 71.5 Å². The van der Waals surface area contributed by atoms with E-state index >= 15 is 0 Å². The molecule has 0 aliphatic heterocycles. The van der Waals surface area contributed by atoms with E-state index in [1.807, 2.05) is 43.3 Å². The van der Waals surface area contributed by atoms with E-state index in [0.29, 0.717) is 12.1 Å². The minimum absolute atomic E-state index is 0.1000. The molecule has 0 aliphatic carbocycles. The van der Waals surface area contributed by atoms with Gasteiger partial charge in [-0.2, -0.15) is 0 Å². The lowest BCUT2D eigenvalue weighted by Gasteiger charge is -2.23. The molecule has 0 saturated heterocycles. The predicted molar refractivity (Wildman–Crippen MR) is 78.7 cm³/mol. The first-order chi connectivity index (χ1) is 9.72. The van der Waals surface area contributed by atoms with Gasteiger partial charge in [-0.25, -0.2) is 4.39 Å². The highest BCUT2D eigenvalue weighted by Gasteiger charge is 2.18. The van der Waals surface area contributed by atoms with Crippen LogP contribution < -0.4 is 5.32 Å². The molecule has 2 atom stereocenters. The largest absolute Gasteiger partial charge is 0.387 e. The average molecular weight is 273 g/mol. The number of hydrogen-bond donors (Lipinski definition) is 2. The lowest BCUT2D eigenvalue weighted by molar-refractivity contribution is 0.125. The molecule has 2 rings (SSSR count). The highest BCUT2D eigenvalue weighted by molar-refractivity contribution is 5.20. The number of nitrogens with one attached hydrogen (secondary N) is 1. The maximum atomic E-state index is 13.6. The molecule has 2 nitrogen and oxygen atoms in total. The zero-order chi connectivity index (χ0) is 14.4. The van der Waals surface area contributed by atoms with Crippen molar-refractivity contribution < 1.29 is 9.50 Å². The molecular weight excluding hydrogens is 253 g/mol. The van der Waals surface area contributed by atoms with Crippen molar-refractivity contribution in [2.45, 2.75) is 32.0 Å². The molecule has 3 heteroatoms. The molecule has 0 aromatic heterocycles. The average Bonchev–Trinajstić information content (AvgIpc) is 2.50. The van der Waals surface area contributed by atoms with Gasteiger partial charge in [0.05, 0.1) is 6.10 Å². The number of aliphatic hydroxyl groups is 1. The Labute approximate surface area is 119 Å². The van der Waals surface area contributed by atoms with Crippen molar-refractivity contribution in [3.8, 4) is 0 Å². The first-order valence-corrected chi connectivity index (χ1v) is 6.92. The van der Waals surface area contributed by atoms with Gasteiger partial charge in [0.15, 0.2) is 0 Å². The highest BCUT2D eigenvalue weighted by Crippen LogP contribution is 2.19. The molecule has 0 fully saturated rings. The molecule has 2 aromatic carbocycles. The molecule has 0 saturated carbocycles. The Morgan fingerprint density at radius 2 is 1.70 bits per heavy atom. The van der Waals surface area contributed by atoms with Crippen LogP contribution in [0.25, 0.3) is 0 Å². The summed E-state index contributed by atoms with van der Waals surface area (Å²) >= 11 is 0. The van der Waals surface area contributed by atoms with Crippen LogP contribution in [-0.4, -0.2) is 11.1 Å². The van der Waals surface area contributed by atoms with E-state index in [0.717, 1.165) is 12.0 Å². The van der Waals surface area contributed by atoms with Crippen LogP contribution in [-0.2, 0) is 6.54 Å². The van der Waals surface area contributed by atoms with Gasteiger partial charge in [-0.1, -0.05) is 55.5 Å². The van der Waals surface area contributed by atoms with Crippen molar-refractivity contribution in [2.75, 3.05) is 0 Å². The molecule has 0 heterocycles. The van der Waals surface area contributed by atoms with Crippen molar-refractivity contribution in [2.24, 2.45) is 0 Å². The molecule has 0 spiro atoms. The summed E-state index contributed by atoms with van der Waals surface area (Å²) in [5.41, 5.74) is 1.49. The lowest BCUT2D eigenvalue weighted by atomic mass is 10.00. The van der Waals surface area contributed by atoms with Crippen LogP contribution in [0.5, 0.6) is 0 Å². The second-order valence-corrected chi connectivity index (χ2v) is 4.84. The molecule has 2 unspecified atom stereocenters. The smallest absolute Gasteiger partial charge is 0.127 e. The summed E-state index contributed by atoms with van der Waals surface area (Å²) in [6.45, 7) is 2.42. The molecule has 0 bridgehead atoms. The second kappa shape index (κ2) is 7.17. The zero-order valence-corrected chi connectivity index (χ0v) is 11.6. The lowest BCUT2D eigenvalue weighted by Crippen LogP contribution is -2.34. The fourth-order valence-corrected chi connectivity index (χ4v) is 2.24. The van der Waals surface area contributed by atoms with Gasteiger partial charge < -0.3 is 10.4 Å². The molecule has 0 aliphatic rings. The van der Waals surface area contributed by atoms with Crippen LogP contribution in [0.4, 0.5) is 4.39 Å². The first kappa shape index (κ1) is 14.7. The van der Waals surface area contributed by atoms with Gasteiger partial charge in [0.2, 0.25) is 0 Å². The van der Waals surface area contributed by atoms with Gasteiger partial charge in [0, 0.05) is 18.2 Å². The first-order valence-electron chi connectivity index (χ1n) is 6.92. The fraction of sp³-hybridized carbons (Fsp3) is 0.294. The molecule has 0 amide bonds. The third-order valence-corrected chi connectivity index (χ3v) is 3.47. The number of aliphatic hydroxyl groups excluding tert-OH is 1. The highest BCUT2D eigenvalue weighted by atomic mass is 19.1. The Bertz CT molecular complexity index is 530. The van der Waals surface area contributed by atoms with Crippen molar-refractivity contribution >= 4 is 0 Å². The number of halogens is 1. The van der Waals surface area contributed by atoms with Crippen LogP contribution in [0.2, 0.25) is 0 Å². The predicted octanol–water partition coefficient (Wildman–Crippen LogP) is 3.43. The van der Waals surface area contributed by atoms with E-state index < -0.39 is 6.10 Å². The normalized spacial score (nSPS) is 13.9. The van der Waals surface area contributed by atoms with E-state index in [2.05, 4.69) is 5.32 Å². The van der Waals surface area contributed by atoms with E-state index in [1.165, 1.54) is 6.07 Å². The third kappa shape index (κ3) is 3.65. The maximum absolute atomic E-state index is 13.6. The monoisotopic (exact) mass is 273 g/mol. The third-order valence-electron chi connectivity index (χ3n) is 3.47. The Balaban J connectivity index is 2.01. The fourth-order valence-electron chi connectivity index (χ4n) is 2.24. The van der Waals surface area contributed by atoms with Crippen molar-refractivity contribution in [1.82, 2.24) is 5.32 Å². The van der Waals surface area contributed by atoms with E-state index in [4.69, 9.17) is 0 Å². The summed E-state index contributed by atoms with van der Waals surface area (Å²) in [7, 11) is 0. The van der Waals surface area contributed by atoms with Crippen LogP contribution in [0, 0.1) is 5.82 Å². The quantitative estimate of drug-likeness (QED) is 0.845. The standard InChI is InChI=1S/C17H20FNO/c1-2-16(17(20)13-8-4-3-5-9-13)19-12-14-10-6-7-11-15(14)18/h3-11,16-17,19-20H,2,12H2,1H3.